The first-order valence-corrected chi connectivity index (χ1v) is 12.4. The van der Waals surface area contributed by atoms with Crippen LogP contribution in [0.2, 0.25) is 0 Å². The molecule has 0 saturated heterocycles. The Balaban J connectivity index is 1.45. The van der Waals surface area contributed by atoms with Gasteiger partial charge in [-0.3, -0.25) is 4.79 Å². The van der Waals surface area contributed by atoms with Gasteiger partial charge in [0, 0.05) is 20.0 Å². The summed E-state index contributed by atoms with van der Waals surface area (Å²) in [6, 6.07) is 25.9. The van der Waals surface area contributed by atoms with Crippen LogP contribution < -0.4 is 9.47 Å². The molecule has 4 aromatic carbocycles. The molecule has 2 atom stereocenters. The van der Waals surface area contributed by atoms with Crippen molar-refractivity contribution in [2.45, 2.75) is 31.5 Å². The number of methoxy groups -OCH3 is 1. The maximum Gasteiger partial charge on any atom is 0.416 e. The lowest BCUT2D eigenvalue weighted by Crippen LogP contribution is -2.32. The third-order valence-corrected chi connectivity index (χ3v) is 6.68. The summed E-state index contributed by atoms with van der Waals surface area (Å²) in [5.41, 5.74) is 1.07. The van der Waals surface area contributed by atoms with Crippen molar-refractivity contribution in [3.05, 3.63) is 108 Å². The summed E-state index contributed by atoms with van der Waals surface area (Å²) < 4.78 is 50.2. The number of carbonyl (C=O) groups excluding carboxylic acids is 1. The summed E-state index contributed by atoms with van der Waals surface area (Å²) in [6.45, 7) is 2.30. The van der Waals surface area contributed by atoms with Gasteiger partial charge in [0.05, 0.1) is 18.6 Å². The lowest BCUT2D eigenvalue weighted by atomic mass is 9.96. The summed E-state index contributed by atoms with van der Waals surface area (Å²) in [5, 5.41) is 2.06. The maximum atomic E-state index is 13.3. The molecule has 7 heteroatoms. The Hall–Kier alpha value is -4.00. The van der Waals surface area contributed by atoms with Crippen molar-refractivity contribution in [2.75, 3.05) is 20.7 Å². The SMILES string of the molecule is COc1ccc2cc([C@@H](C)C(=O)N(C)CC[C@@H](Oc3ccc(C(F)(F)F)cc3)c3ccccc3)ccc2c1. The molecule has 0 aliphatic carbocycles. The fourth-order valence-corrected chi connectivity index (χ4v) is 4.38. The van der Waals surface area contributed by atoms with Gasteiger partial charge in [-0.05, 0) is 65.2 Å². The molecule has 0 aromatic heterocycles. The molecule has 0 aliphatic rings. The first-order valence-electron chi connectivity index (χ1n) is 12.4. The summed E-state index contributed by atoms with van der Waals surface area (Å²) in [6.07, 6.45) is -4.37. The van der Waals surface area contributed by atoms with Crippen LogP contribution in [0.15, 0.2) is 91.0 Å². The standard InChI is InChI=1S/C31H30F3NO3/c1-21(23-9-10-25-20-28(37-3)14-11-24(25)19-23)30(36)35(2)18-17-29(22-7-5-4-6-8-22)38-27-15-12-26(13-16-27)31(32,33)34/h4-16,19-21,29H,17-18H2,1-3H3/t21-,29-/m1/s1. The van der Waals surface area contributed by atoms with Gasteiger partial charge in [-0.15, -0.1) is 0 Å². The predicted molar refractivity (Wildman–Crippen MR) is 142 cm³/mol. The van der Waals surface area contributed by atoms with E-state index in [-0.39, 0.29) is 11.8 Å². The average molecular weight is 522 g/mol. The van der Waals surface area contributed by atoms with Gasteiger partial charge >= 0.3 is 6.18 Å². The van der Waals surface area contributed by atoms with E-state index in [1.54, 1.807) is 19.1 Å². The van der Waals surface area contributed by atoms with E-state index in [2.05, 4.69) is 0 Å². The van der Waals surface area contributed by atoms with Crippen molar-refractivity contribution in [1.29, 1.82) is 0 Å². The topological polar surface area (TPSA) is 38.8 Å². The molecule has 38 heavy (non-hydrogen) atoms. The lowest BCUT2D eigenvalue weighted by Gasteiger charge is -2.25. The molecule has 0 aliphatic heterocycles. The normalized spacial score (nSPS) is 13.1. The molecule has 0 fully saturated rings. The predicted octanol–water partition coefficient (Wildman–Crippen LogP) is 7.64. The Bertz CT molecular complexity index is 1370. The molecule has 0 bridgehead atoms. The Kier molecular flexibility index (Phi) is 8.25. The van der Waals surface area contributed by atoms with Gasteiger partial charge in [0.2, 0.25) is 5.91 Å². The zero-order valence-corrected chi connectivity index (χ0v) is 21.5. The quantitative estimate of drug-likeness (QED) is 0.227. The Morgan fingerprint density at radius 3 is 2.13 bits per heavy atom. The van der Waals surface area contributed by atoms with Crippen molar-refractivity contribution >= 4 is 16.7 Å². The number of halogens is 3. The smallest absolute Gasteiger partial charge is 0.416 e. The van der Waals surface area contributed by atoms with E-state index in [4.69, 9.17) is 9.47 Å². The number of alkyl halides is 3. The molecule has 4 rings (SSSR count). The van der Waals surface area contributed by atoms with Gasteiger partial charge in [0.25, 0.3) is 0 Å². The van der Waals surface area contributed by atoms with Gasteiger partial charge in [0.1, 0.15) is 17.6 Å². The molecule has 198 valence electrons. The lowest BCUT2D eigenvalue weighted by molar-refractivity contribution is -0.137. The van der Waals surface area contributed by atoms with Crippen LogP contribution in [-0.4, -0.2) is 31.5 Å². The Morgan fingerprint density at radius 1 is 0.842 bits per heavy atom. The molecule has 0 unspecified atom stereocenters. The van der Waals surface area contributed by atoms with Crippen LogP contribution in [0.5, 0.6) is 11.5 Å². The van der Waals surface area contributed by atoms with Crippen molar-refractivity contribution in [3.63, 3.8) is 0 Å². The molecule has 4 aromatic rings. The number of carbonyl (C=O) groups is 1. The highest BCUT2D eigenvalue weighted by molar-refractivity contribution is 5.88. The van der Waals surface area contributed by atoms with Gasteiger partial charge in [-0.1, -0.05) is 54.6 Å². The summed E-state index contributed by atoms with van der Waals surface area (Å²) in [4.78, 5) is 15.0. The number of nitrogens with zero attached hydrogens (tertiary/aromatic N) is 1. The van der Waals surface area contributed by atoms with Crippen LogP contribution in [-0.2, 0) is 11.0 Å². The third kappa shape index (κ3) is 6.46. The minimum absolute atomic E-state index is 0.0285. The fraction of sp³-hybridized carbons (Fsp3) is 0.258. The number of amides is 1. The number of benzene rings is 4. The number of likely N-dealkylation sites (N-methyl/N-ethyl adjacent to an activating group) is 1. The molecule has 0 radical (unpaired) electrons. The molecule has 0 heterocycles. The van der Waals surface area contributed by atoms with E-state index < -0.39 is 17.8 Å². The Labute approximate surface area is 220 Å². The first-order chi connectivity index (χ1) is 18.2. The zero-order valence-electron chi connectivity index (χ0n) is 21.5. The highest BCUT2D eigenvalue weighted by Crippen LogP contribution is 2.32. The molecule has 1 amide bonds. The molecular weight excluding hydrogens is 491 g/mol. The first kappa shape index (κ1) is 27.0. The number of hydrogen-bond acceptors (Lipinski definition) is 3. The summed E-state index contributed by atoms with van der Waals surface area (Å²) in [7, 11) is 3.38. The fourth-order valence-electron chi connectivity index (χ4n) is 4.38. The highest BCUT2D eigenvalue weighted by atomic mass is 19.4. The molecular formula is C31H30F3NO3. The van der Waals surface area contributed by atoms with E-state index in [1.807, 2.05) is 73.7 Å². The van der Waals surface area contributed by atoms with Crippen LogP contribution in [0.25, 0.3) is 10.8 Å². The summed E-state index contributed by atoms with van der Waals surface area (Å²) >= 11 is 0. The second-order valence-corrected chi connectivity index (χ2v) is 9.28. The van der Waals surface area contributed by atoms with Gasteiger partial charge < -0.3 is 14.4 Å². The van der Waals surface area contributed by atoms with Crippen LogP contribution in [0.1, 0.15) is 42.1 Å². The second-order valence-electron chi connectivity index (χ2n) is 9.28. The molecule has 0 N–H and O–H groups in total. The Morgan fingerprint density at radius 2 is 1.47 bits per heavy atom. The van der Waals surface area contributed by atoms with Crippen LogP contribution in [0.4, 0.5) is 13.2 Å². The van der Waals surface area contributed by atoms with Crippen molar-refractivity contribution in [1.82, 2.24) is 4.90 Å². The zero-order chi connectivity index (χ0) is 27.3. The largest absolute Gasteiger partial charge is 0.497 e. The third-order valence-electron chi connectivity index (χ3n) is 6.68. The number of rotatable bonds is 9. The monoisotopic (exact) mass is 521 g/mol. The number of ether oxygens (including phenoxy) is 2. The van der Waals surface area contributed by atoms with E-state index in [9.17, 15) is 18.0 Å². The summed E-state index contributed by atoms with van der Waals surface area (Å²) in [5.74, 6) is 0.735. The molecule has 0 saturated carbocycles. The van der Waals surface area contributed by atoms with E-state index in [1.165, 1.54) is 12.1 Å². The number of hydrogen-bond donors (Lipinski definition) is 0. The van der Waals surface area contributed by atoms with Crippen LogP contribution in [0, 0.1) is 0 Å². The van der Waals surface area contributed by atoms with Gasteiger partial charge in [-0.25, -0.2) is 0 Å². The van der Waals surface area contributed by atoms with Gasteiger partial charge in [-0.2, -0.15) is 13.2 Å². The van der Waals surface area contributed by atoms with E-state index in [0.29, 0.717) is 18.7 Å². The van der Waals surface area contributed by atoms with E-state index >= 15 is 0 Å². The molecule has 4 nitrogen and oxygen atoms in total. The van der Waals surface area contributed by atoms with Crippen molar-refractivity contribution in [2.24, 2.45) is 0 Å². The minimum Gasteiger partial charge on any atom is -0.497 e. The average Bonchev–Trinajstić information content (AvgIpc) is 2.93. The van der Waals surface area contributed by atoms with Crippen molar-refractivity contribution < 1.29 is 27.4 Å². The minimum atomic E-state index is -4.41. The maximum absolute atomic E-state index is 13.3. The van der Waals surface area contributed by atoms with Crippen LogP contribution in [0.3, 0.4) is 0 Å². The van der Waals surface area contributed by atoms with E-state index in [0.717, 1.165) is 39.8 Å². The second kappa shape index (κ2) is 11.6. The van der Waals surface area contributed by atoms with Crippen molar-refractivity contribution in [3.8, 4) is 11.5 Å². The highest BCUT2D eigenvalue weighted by Gasteiger charge is 2.30. The van der Waals surface area contributed by atoms with Gasteiger partial charge in [0.15, 0.2) is 0 Å². The van der Waals surface area contributed by atoms with Crippen LogP contribution >= 0.6 is 0 Å². The molecule has 0 spiro atoms. The number of fused-ring (bicyclic) bond motifs is 1.